The Morgan fingerprint density at radius 2 is 1.26 bits per heavy atom. The van der Waals surface area contributed by atoms with Crippen LogP contribution in [0, 0.1) is 5.92 Å². The molecule has 2 aromatic carbocycles. The quantitative estimate of drug-likeness (QED) is 0.243. The summed E-state index contributed by atoms with van der Waals surface area (Å²) in [6.45, 7) is 15.4. The first-order valence-corrected chi connectivity index (χ1v) is 13.3. The lowest BCUT2D eigenvalue weighted by atomic mass is 9.98. The number of amides is 2. The molecule has 2 aromatic rings. The molecule has 0 heterocycles. The van der Waals surface area contributed by atoms with Gasteiger partial charge in [-0.1, -0.05) is 64.1 Å². The third kappa shape index (κ3) is 13.5. The average molecular weight is 528 g/mol. The van der Waals surface area contributed by atoms with E-state index < -0.39 is 0 Å². The van der Waals surface area contributed by atoms with Crippen LogP contribution in [-0.2, 0) is 19.1 Å². The van der Waals surface area contributed by atoms with Gasteiger partial charge in [0.2, 0.25) is 11.8 Å². The van der Waals surface area contributed by atoms with E-state index in [4.69, 9.17) is 9.47 Å². The molecule has 0 saturated heterocycles. The maximum absolute atomic E-state index is 12.1. The van der Waals surface area contributed by atoms with Gasteiger partial charge in [0.15, 0.2) is 5.78 Å². The summed E-state index contributed by atoms with van der Waals surface area (Å²) in [5.41, 5.74) is 3.35. The first-order valence-electron chi connectivity index (χ1n) is 13.3. The van der Waals surface area contributed by atoms with E-state index >= 15 is 0 Å². The largest absolute Gasteiger partial charge is 0.369 e. The van der Waals surface area contributed by atoms with Crippen molar-refractivity contribution in [3.8, 4) is 11.1 Å². The van der Waals surface area contributed by atoms with Crippen molar-refractivity contribution in [2.24, 2.45) is 5.92 Å². The van der Waals surface area contributed by atoms with E-state index in [9.17, 15) is 14.4 Å². The number of carbonyl (C=O) groups excluding carboxylic acids is 3. The number of ether oxygens (including phenoxy) is 2. The van der Waals surface area contributed by atoms with Crippen LogP contribution >= 0.6 is 0 Å². The third-order valence-corrected chi connectivity index (χ3v) is 5.14. The fraction of sp³-hybridized carbons (Fsp3) is 0.500. The van der Waals surface area contributed by atoms with Crippen molar-refractivity contribution in [3.63, 3.8) is 0 Å². The zero-order chi connectivity index (χ0) is 28.6. The van der Waals surface area contributed by atoms with Crippen LogP contribution in [0.2, 0.25) is 0 Å². The Morgan fingerprint density at radius 1 is 0.763 bits per heavy atom. The van der Waals surface area contributed by atoms with Gasteiger partial charge in [0, 0.05) is 35.8 Å². The molecule has 0 spiro atoms. The summed E-state index contributed by atoms with van der Waals surface area (Å²) in [6.07, 6.45) is 0. The number of carbonyl (C=O) groups is 3. The Kier molecular flexibility index (Phi) is 15.1. The molecule has 2 rings (SSSR count). The van der Waals surface area contributed by atoms with Gasteiger partial charge in [0.05, 0.1) is 13.2 Å². The van der Waals surface area contributed by atoms with E-state index in [-0.39, 0.29) is 55.5 Å². The van der Waals surface area contributed by atoms with Crippen molar-refractivity contribution < 1.29 is 23.9 Å². The maximum atomic E-state index is 12.1. The number of ketones is 1. The van der Waals surface area contributed by atoms with Gasteiger partial charge in [-0.2, -0.15) is 0 Å². The Balaban J connectivity index is 0.00000352. The SMILES string of the molecule is CC.CC(C)C(=O)c1ccc(-c2ccc(NC(=O)COCCOCC(=O)NCCNC(C)(C)C)cc2)cc1. The first kappa shape index (κ1) is 33.0. The molecule has 0 atom stereocenters. The highest BCUT2D eigenvalue weighted by Gasteiger charge is 2.11. The van der Waals surface area contributed by atoms with Crippen molar-refractivity contribution in [2.75, 3.05) is 44.8 Å². The molecule has 0 aliphatic heterocycles. The van der Waals surface area contributed by atoms with E-state index in [0.717, 1.165) is 11.1 Å². The first-order chi connectivity index (χ1) is 18.0. The maximum Gasteiger partial charge on any atom is 0.250 e. The normalized spacial score (nSPS) is 10.9. The average Bonchev–Trinajstić information content (AvgIpc) is 2.89. The number of Topliss-reactive ketones (excluding diaryl/α,β-unsaturated/α-hetero) is 1. The molecule has 38 heavy (non-hydrogen) atoms. The van der Waals surface area contributed by atoms with Crippen LogP contribution in [0.1, 0.15) is 58.8 Å². The minimum absolute atomic E-state index is 0.0117. The molecule has 210 valence electrons. The molecule has 0 bridgehead atoms. The van der Waals surface area contributed by atoms with Gasteiger partial charge in [0.25, 0.3) is 0 Å². The molecule has 3 N–H and O–H groups in total. The second kappa shape index (κ2) is 17.4. The zero-order valence-electron chi connectivity index (χ0n) is 24.0. The highest BCUT2D eigenvalue weighted by molar-refractivity contribution is 5.97. The second-order valence-electron chi connectivity index (χ2n) is 9.85. The van der Waals surface area contributed by atoms with Crippen LogP contribution in [0.4, 0.5) is 5.69 Å². The highest BCUT2D eigenvalue weighted by atomic mass is 16.5. The number of anilines is 1. The van der Waals surface area contributed by atoms with E-state index in [1.54, 1.807) is 0 Å². The Morgan fingerprint density at radius 3 is 1.76 bits per heavy atom. The van der Waals surface area contributed by atoms with Gasteiger partial charge in [-0.25, -0.2) is 0 Å². The molecule has 0 unspecified atom stereocenters. The van der Waals surface area contributed by atoms with Crippen molar-refractivity contribution in [1.82, 2.24) is 10.6 Å². The number of hydrogen-bond acceptors (Lipinski definition) is 6. The summed E-state index contributed by atoms with van der Waals surface area (Å²) < 4.78 is 10.6. The summed E-state index contributed by atoms with van der Waals surface area (Å²) in [5.74, 6) is -0.373. The summed E-state index contributed by atoms with van der Waals surface area (Å²) in [5, 5.41) is 8.84. The molecule has 0 aliphatic carbocycles. The van der Waals surface area contributed by atoms with Crippen LogP contribution in [0.15, 0.2) is 48.5 Å². The van der Waals surface area contributed by atoms with Crippen LogP contribution in [-0.4, -0.2) is 62.7 Å². The zero-order valence-corrected chi connectivity index (χ0v) is 24.0. The molecule has 0 saturated carbocycles. The molecule has 0 aliphatic rings. The van der Waals surface area contributed by atoms with Crippen molar-refractivity contribution in [1.29, 1.82) is 0 Å². The Bertz CT molecular complexity index is 980. The fourth-order valence-electron chi connectivity index (χ4n) is 3.24. The van der Waals surface area contributed by atoms with Crippen molar-refractivity contribution >= 4 is 23.3 Å². The molecule has 0 fully saturated rings. The molecular formula is C30H45N3O5. The minimum Gasteiger partial charge on any atom is -0.369 e. The molecule has 8 heteroatoms. The lowest BCUT2D eigenvalue weighted by molar-refractivity contribution is -0.127. The number of nitrogens with one attached hydrogen (secondary N) is 3. The molecule has 0 radical (unpaired) electrons. The summed E-state index contributed by atoms with van der Waals surface area (Å²) >= 11 is 0. The monoisotopic (exact) mass is 527 g/mol. The fourth-order valence-corrected chi connectivity index (χ4v) is 3.24. The number of hydrogen-bond donors (Lipinski definition) is 3. The van der Waals surface area contributed by atoms with Crippen LogP contribution in [0.3, 0.4) is 0 Å². The highest BCUT2D eigenvalue weighted by Crippen LogP contribution is 2.22. The second-order valence-corrected chi connectivity index (χ2v) is 9.85. The van der Waals surface area contributed by atoms with Crippen molar-refractivity contribution in [2.45, 2.75) is 54.0 Å². The van der Waals surface area contributed by atoms with Gasteiger partial charge in [0.1, 0.15) is 13.2 Å². The van der Waals surface area contributed by atoms with E-state index in [0.29, 0.717) is 24.3 Å². The van der Waals surface area contributed by atoms with E-state index in [2.05, 4.69) is 36.7 Å². The topological polar surface area (TPSA) is 106 Å². The Hall–Kier alpha value is -3.07. The molecule has 8 nitrogen and oxygen atoms in total. The van der Waals surface area contributed by atoms with Crippen LogP contribution < -0.4 is 16.0 Å². The van der Waals surface area contributed by atoms with Gasteiger partial charge >= 0.3 is 0 Å². The molecule has 0 aromatic heterocycles. The number of rotatable bonds is 14. The summed E-state index contributed by atoms with van der Waals surface area (Å²) in [7, 11) is 0. The van der Waals surface area contributed by atoms with Gasteiger partial charge in [-0.15, -0.1) is 0 Å². The minimum atomic E-state index is -0.275. The predicted molar refractivity (Wildman–Crippen MR) is 153 cm³/mol. The van der Waals surface area contributed by atoms with Gasteiger partial charge < -0.3 is 25.4 Å². The molecular weight excluding hydrogens is 482 g/mol. The molecule has 2 amide bonds. The lowest BCUT2D eigenvalue weighted by Crippen LogP contribution is -2.42. The van der Waals surface area contributed by atoms with Crippen LogP contribution in [0.25, 0.3) is 11.1 Å². The van der Waals surface area contributed by atoms with Crippen LogP contribution in [0.5, 0.6) is 0 Å². The van der Waals surface area contributed by atoms with Gasteiger partial charge in [-0.3, -0.25) is 14.4 Å². The summed E-state index contributed by atoms with van der Waals surface area (Å²) in [4.78, 5) is 35.9. The lowest BCUT2D eigenvalue weighted by Gasteiger charge is -2.20. The summed E-state index contributed by atoms with van der Waals surface area (Å²) in [6, 6.07) is 15.0. The van der Waals surface area contributed by atoms with E-state index in [1.807, 2.05) is 76.2 Å². The standard InChI is InChI=1S/C28H39N3O5.C2H6/c1-20(2)27(34)23-8-6-21(7-9-23)22-10-12-24(13-11-22)31-26(33)19-36-17-16-35-18-25(32)29-14-15-30-28(3,4)5;1-2/h6-13,20,30H,14-19H2,1-5H3,(H,29,32)(H,31,33);1-2H3. The Labute approximate surface area is 227 Å². The smallest absolute Gasteiger partial charge is 0.250 e. The predicted octanol–water partition coefficient (Wildman–Crippen LogP) is 4.69. The van der Waals surface area contributed by atoms with Gasteiger partial charge in [-0.05, 0) is 44.0 Å². The van der Waals surface area contributed by atoms with Crippen molar-refractivity contribution in [3.05, 3.63) is 54.1 Å². The third-order valence-electron chi connectivity index (χ3n) is 5.14. The van der Waals surface area contributed by atoms with E-state index in [1.165, 1.54) is 0 Å². The number of benzene rings is 2.